The Morgan fingerprint density at radius 1 is 1.10 bits per heavy atom. The molecule has 0 bridgehead atoms. The maximum atomic E-state index is 12.6. The third kappa shape index (κ3) is 3.22. The molecule has 0 saturated heterocycles. The molecule has 0 aliphatic carbocycles. The molecule has 2 heterocycles. The maximum absolute atomic E-state index is 12.6. The number of carbonyl (C=O) groups is 2. The maximum Gasteiger partial charge on any atom is 0.326 e. The van der Waals surface area contributed by atoms with Gasteiger partial charge in [-0.2, -0.15) is 0 Å². The molecule has 1 aliphatic heterocycles. The molecule has 1 amide bonds. The van der Waals surface area contributed by atoms with Crippen LogP contribution in [0.2, 0.25) is 0 Å². The number of H-pyrrole nitrogens is 1. The van der Waals surface area contributed by atoms with E-state index in [1.165, 1.54) is 11.8 Å². The summed E-state index contributed by atoms with van der Waals surface area (Å²) < 4.78 is 0. The lowest BCUT2D eigenvalue weighted by atomic mass is 9.88. The molecule has 1 aliphatic rings. The number of aromatic amines is 1. The van der Waals surface area contributed by atoms with Crippen molar-refractivity contribution in [2.45, 2.75) is 39.3 Å². The highest BCUT2D eigenvalue weighted by molar-refractivity contribution is 5.90. The number of nitrogens with zero attached hydrogens (tertiary/aromatic N) is 2. The molecule has 0 unspecified atom stereocenters. The van der Waals surface area contributed by atoms with Gasteiger partial charge in [-0.3, -0.25) is 4.79 Å². The first kappa shape index (κ1) is 20.0. The second-order valence-corrected chi connectivity index (χ2v) is 7.71. The van der Waals surface area contributed by atoms with Gasteiger partial charge in [0.2, 0.25) is 5.91 Å². The van der Waals surface area contributed by atoms with Crippen molar-refractivity contribution in [3.05, 3.63) is 65.4 Å². The van der Waals surface area contributed by atoms with Crippen LogP contribution in [0, 0.1) is 0 Å². The first-order chi connectivity index (χ1) is 14.5. The summed E-state index contributed by atoms with van der Waals surface area (Å²) in [4.78, 5) is 32.0. The first-order valence-electron chi connectivity index (χ1n) is 10.4. The minimum absolute atomic E-state index is 0.246. The second kappa shape index (κ2) is 7.86. The molecule has 0 fully saturated rings. The van der Waals surface area contributed by atoms with Crippen molar-refractivity contribution in [3.8, 4) is 0 Å². The minimum Gasteiger partial charge on any atom is -0.480 e. The summed E-state index contributed by atoms with van der Waals surface area (Å²) in [7, 11) is 0. The molecule has 2 atom stereocenters. The van der Waals surface area contributed by atoms with E-state index < -0.39 is 18.1 Å². The Bertz CT molecular complexity index is 1080. The molecule has 4 rings (SSSR count). The number of fused-ring (bicyclic) bond motifs is 3. The fourth-order valence-corrected chi connectivity index (χ4v) is 4.68. The van der Waals surface area contributed by atoms with Crippen molar-refractivity contribution in [1.82, 2.24) is 9.88 Å². The van der Waals surface area contributed by atoms with E-state index in [0.717, 1.165) is 46.5 Å². The summed E-state index contributed by atoms with van der Waals surface area (Å²) in [6.45, 7) is 7.49. The molecule has 2 N–H and O–H groups in total. The van der Waals surface area contributed by atoms with Crippen molar-refractivity contribution in [3.63, 3.8) is 0 Å². The molecule has 0 saturated carbocycles. The second-order valence-electron chi connectivity index (χ2n) is 7.71. The highest BCUT2D eigenvalue weighted by atomic mass is 16.4. The third-order valence-electron chi connectivity index (χ3n) is 6.12. The molecule has 6 heteroatoms. The number of hydrogen-bond donors (Lipinski definition) is 2. The number of carbonyl (C=O) groups excluding carboxylic acids is 1. The van der Waals surface area contributed by atoms with Gasteiger partial charge in [0.15, 0.2) is 0 Å². The van der Waals surface area contributed by atoms with E-state index in [-0.39, 0.29) is 5.91 Å². The standard InChI is InChI=1S/C24H27N3O3/c1-4-26(5-2)17-12-10-16(11-13-17)23-22-19(18-8-6-7-9-20(18)25-22)14-21(24(29)30)27(23)15(3)28/h6-13,21,23,25H,4-5,14H2,1-3H3,(H,29,30)/t21-,23-/m0/s1. The number of benzene rings is 2. The zero-order chi connectivity index (χ0) is 21.4. The van der Waals surface area contributed by atoms with Gasteiger partial charge in [-0.1, -0.05) is 30.3 Å². The summed E-state index contributed by atoms with van der Waals surface area (Å²) in [6.07, 6.45) is 0.294. The predicted molar refractivity (Wildman–Crippen MR) is 118 cm³/mol. The van der Waals surface area contributed by atoms with Gasteiger partial charge in [-0.15, -0.1) is 0 Å². The Morgan fingerprint density at radius 2 is 1.77 bits per heavy atom. The number of anilines is 1. The van der Waals surface area contributed by atoms with Crippen molar-refractivity contribution in [1.29, 1.82) is 0 Å². The van der Waals surface area contributed by atoms with E-state index in [1.807, 2.05) is 48.5 Å². The van der Waals surface area contributed by atoms with Crippen LogP contribution >= 0.6 is 0 Å². The first-order valence-corrected chi connectivity index (χ1v) is 10.4. The molecule has 6 nitrogen and oxygen atoms in total. The Morgan fingerprint density at radius 3 is 2.37 bits per heavy atom. The van der Waals surface area contributed by atoms with Gasteiger partial charge in [0.25, 0.3) is 0 Å². The number of hydrogen-bond acceptors (Lipinski definition) is 3. The lowest BCUT2D eigenvalue weighted by molar-refractivity contribution is -0.151. The van der Waals surface area contributed by atoms with E-state index in [0.29, 0.717) is 6.42 Å². The quantitative estimate of drug-likeness (QED) is 0.674. The van der Waals surface area contributed by atoms with Crippen molar-refractivity contribution >= 4 is 28.5 Å². The number of aliphatic carboxylic acids is 1. The molecule has 1 aromatic heterocycles. The zero-order valence-corrected chi connectivity index (χ0v) is 17.6. The van der Waals surface area contributed by atoms with Gasteiger partial charge in [-0.05, 0) is 43.2 Å². The number of carboxylic acid groups (broad SMARTS) is 1. The van der Waals surface area contributed by atoms with E-state index >= 15 is 0 Å². The van der Waals surface area contributed by atoms with Crippen molar-refractivity contribution in [2.24, 2.45) is 0 Å². The number of carboxylic acids is 1. The number of amides is 1. The molecular formula is C24H27N3O3. The number of para-hydroxylation sites is 1. The summed E-state index contributed by atoms with van der Waals surface area (Å²) in [5.41, 5.74) is 4.86. The number of rotatable bonds is 5. The smallest absolute Gasteiger partial charge is 0.326 e. The van der Waals surface area contributed by atoms with Crippen molar-refractivity contribution < 1.29 is 14.7 Å². The molecule has 30 heavy (non-hydrogen) atoms. The third-order valence-corrected chi connectivity index (χ3v) is 6.12. The summed E-state index contributed by atoms with van der Waals surface area (Å²) >= 11 is 0. The average molecular weight is 405 g/mol. The number of nitrogens with one attached hydrogen (secondary N) is 1. The SMILES string of the molecule is CCN(CC)c1ccc([C@H]2c3[nH]c4ccccc4c3C[C@@H](C(=O)O)N2C(C)=O)cc1. The lowest BCUT2D eigenvalue weighted by Gasteiger charge is -2.40. The Labute approximate surface area is 176 Å². The van der Waals surface area contributed by atoms with Gasteiger partial charge in [0, 0.05) is 48.7 Å². The summed E-state index contributed by atoms with van der Waals surface area (Å²) in [5, 5.41) is 10.9. The van der Waals surface area contributed by atoms with Crippen LogP contribution in [-0.4, -0.2) is 46.0 Å². The van der Waals surface area contributed by atoms with Gasteiger partial charge < -0.3 is 19.9 Å². The Balaban J connectivity index is 1.88. The molecule has 0 spiro atoms. The van der Waals surface area contributed by atoms with E-state index in [4.69, 9.17) is 0 Å². The van der Waals surface area contributed by atoms with Crippen LogP contribution in [0.15, 0.2) is 48.5 Å². The van der Waals surface area contributed by atoms with Crippen LogP contribution in [0.1, 0.15) is 43.6 Å². The molecule has 3 aromatic rings. The predicted octanol–water partition coefficient (Wildman–Crippen LogP) is 3.96. The van der Waals surface area contributed by atoms with Crippen LogP contribution in [0.5, 0.6) is 0 Å². The van der Waals surface area contributed by atoms with Crippen LogP contribution in [0.3, 0.4) is 0 Å². The topological polar surface area (TPSA) is 76.6 Å². The largest absolute Gasteiger partial charge is 0.480 e. The molecule has 0 radical (unpaired) electrons. The molecule has 2 aromatic carbocycles. The van der Waals surface area contributed by atoms with Crippen LogP contribution in [0.4, 0.5) is 5.69 Å². The zero-order valence-electron chi connectivity index (χ0n) is 17.6. The van der Waals surface area contributed by atoms with E-state index in [2.05, 4.69) is 23.7 Å². The summed E-state index contributed by atoms with van der Waals surface area (Å²) in [6, 6.07) is 14.7. The fourth-order valence-electron chi connectivity index (χ4n) is 4.68. The van der Waals surface area contributed by atoms with Gasteiger partial charge in [0.05, 0.1) is 6.04 Å². The highest BCUT2D eigenvalue weighted by Gasteiger charge is 2.42. The van der Waals surface area contributed by atoms with Crippen LogP contribution in [0.25, 0.3) is 10.9 Å². The molecular weight excluding hydrogens is 378 g/mol. The van der Waals surface area contributed by atoms with Crippen LogP contribution in [-0.2, 0) is 16.0 Å². The van der Waals surface area contributed by atoms with Crippen molar-refractivity contribution in [2.75, 3.05) is 18.0 Å². The summed E-state index contributed by atoms with van der Waals surface area (Å²) in [5.74, 6) is -1.23. The van der Waals surface area contributed by atoms with Gasteiger partial charge in [-0.25, -0.2) is 4.79 Å². The highest BCUT2D eigenvalue weighted by Crippen LogP contribution is 2.41. The Kier molecular flexibility index (Phi) is 5.24. The minimum atomic E-state index is -0.981. The van der Waals surface area contributed by atoms with E-state index in [9.17, 15) is 14.7 Å². The monoisotopic (exact) mass is 405 g/mol. The van der Waals surface area contributed by atoms with Gasteiger partial charge in [0.1, 0.15) is 6.04 Å². The normalized spacial score (nSPS) is 18.3. The van der Waals surface area contributed by atoms with E-state index in [1.54, 1.807) is 0 Å². The fraction of sp³-hybridized carbons (Fsp3) is 0.333. The Hall–Kier alpha value is -3.28. The number of aromatic nitrogens is 1. The lowest BCUT2D eigenvalue weighted by Crippen LogP contribution is -2.50. The molecule has 156 valence electrons. The average Bonchev–Trinajstić information content (AvgIpc) is 3.12. The van der Waals surface area contributed by atoms with Gasteiger partial charge >= 0.3 is 5.97 Å². The van der Waals surface area contributed by atoms with Crippen LogP contribution < -0.4 is 4.90 Å².